The lowest BCUT2D eigenvalue weighted by Gasteiger charge is -2.26. The minimum Gasteiger partial charge on any atom is -0.493 e. The molecule has 1 aliphatic heterocycles. The van der Waals surface area contributed by atoms with Gasteiger partial charge in [0.2, 0.25) is 5.76 Å². The zero-order valence-corrected chi connectivity index (χ0v) is 17.3. The average molecular weight is 395 g/mol. The van der Waals surface area contributed by atoms with Crippen LogP contribution in [0.2, 0.25) is 0 Å². The zero-order chi connectivity index (χ0) is 20.7. The summed E-state index contributed by atoms with van der Waals surface area (Å²) in [6.45, 7) is 4.34. The minimum absolute atomic E-state index is 0.127. The predicted octanol–water partition coefficient (Wildman–Crippen LogP) is 3.01. The number of nitrogens with zero attached hydrogens (tertiary/aromatic N) is 4. The number of nitrogens with one attached hydrogen (secondary N) is 1. The molecule has 1 aromatic carbocycles. The molecule has 1 N–H and O–H groups in total. The fraction of sp³-hybridized carbons (Fsp3) is 0.381. The van der Waals surface area contributed by atoms with Gasteiger partial charge < -0.3 is 19.5 Å². The molecule has 0 spiro atoms. The van der Waals surface area contributed by atoms with Gasteiger partial charge >= 0.3 is 0 Å². The van der Waals surface area contributed by atoms with Crippen molar-refractivity contribution in [1.82, 2.24) is 20.3 Å². The van der Waals surface area contributed by atoms with Gasteiger partial charge in [-0.15, -0.1) is 0 Å². The number of hydrogen-bond donors (Lipinski definition) is 1. The van der Waals surface area contributed by atoms with E-state index in [9.17, 15) is 4.79 Å². The third-order valence-electron chi connectivity index (χ3n) is 5.25. The third kappa shape index (κ3) is 3.24. The first-order valence-corrected chi connectivity index (χ1v) is 9.58. The first-order chi connectivity index (χ1) is 13.9. The molecule has 0 saturated heterocycles. The van der Waals surface area contributed by atoms with E-state index in [0.29, 0.717) is 24.3 Å². The van der Waals surface area contributed by atoms with E-state index >= 15 is 0 Å². The molecule has 2 aromatic heterocycles. The maximum Gasteiger partial charge on any atom is 0.290 e. The molecule has 152 valence electrons. The van der Waals surface area contributed by atoms with E-state index in [1.54, 1.807) is 4.68 Å². The van der Waals surface area contributed by atoms with Crippen LogP contribution in [-0.4, -0.2) is 41.5 Å². The van der Waals surface area contributed by atoms with Gasteiger partial charge in [-0.25, -0.2) is 0 Å². The van der Waals surface area contributed by atoms with Gasteiger partial charge in [0, 0.05) is 38.7 Å². The molecule has 1 aliphatic rings. The molecule has 0 unspecified atom stereocenters. The van der Waals surface area contributed by atoms with Crippen LogP contribution in [0.25, 0.3) is 11.3 Å². The molecule has 29 heavy (non-hydrogen) atoms. The van der Waals surface area contributed by atoms with E-state index in [2.05, 4.69) is 15.6 Å². The Morgan fingerprint density at radius 2 is 2.03 bits per heavy atom. The van der Waals surface area contributed by atoms with Gasteiger partial charge in [-0.2, -0.15) is 5.10 Å². The van der Waals surface area contributed by atoms with Crippen LogP contribution in [0.15, 0.2) is 28.8 Å². The molecule has 8 nitrogen and oxygen atoms in total. The number of para-hydroxylation sites is 1. The lowest BCUT2D eigenvalue weighted by Crippen LogP contribution is -2.32. The first-order valence-electron chi connectivity index (χ1n) is 9.58. The summed E-state index contributed by atoms with van der Waals surface area (Å²) < 4.78 is 13.0. The second-order valence-electron chi connectivity index (χ2n) is 7.49. The second-order valence-corrected chi connectivity index (χ2v) is 7.49. The summed E-state index contributed by atoms with van der Waals surface area (Å²) in [6.07, 6.45) is 0.704. The highest BCUT2D eigenvalue weighted by atomic mass is 16.5. The summed E-state index contributed by atoms with van der Waals surface area (Å²) in [5, 5.41) is 11.8. The van der Waals surface area contributed by atoms with Crippen LogP contribution in [-0.2, 0) is 7.05 Å². The Labute approximate surface area is 169 Å². The molecule has 3 heterocycles. The number of carbonyl (C=O) groups is 1. The fourth-order valence-electron chi connectivity index (χ4n) is 3.93. The largest absolute Gasteiger partial charge is 0.493 e. The summed E-state index contributed by atoms with van der Waals surface area (Å²) in [6, 6.07) is 7.63. The van der Waals surface area contributed by atoms with Crippen LogP contribution in [0.3, 0.4) is 0 Å². The van der Waals surface area contributed by atoms with Gasteiger partial charge in [0.15, 0.2) is 0 Å². The van der Waals surface area contributed by atoms with Gasteiger partial charge in [-0.05, 0) is 19.9 Å². The fourth-order valence-corrected chi connectivity index (χ4v) is 3.93. The predicted molar refractivity (Wildman–Crippen MR) is 109 cm³/mol. The van der Waals surface area contributed by atoms with Crippen molar-refractivity contribution in [3.05, 3.63) is 46.8 Å². The van der Waals surface area contributed by atoms with Crippen LogP contribution in [0.1, 0.15) is 39.8 Å². The molecule has 4 rings (SSSR count). The number of hydrogen-bond acceptors (Lipinski definition) is 6. The van der Waals surface area contributed by atoms with Crippen LogP contribution in [0, 0.1) is 13.8 Å². The third-order valence-corrected chi connectivity index (χ3v) is 5.25. The van der Waals surface area contributed by atoms with E-state index in [1.807, 2.05) is 64.2 Å². The number of aryl methyl sites for hydroxylation is 2. The number of anilines is 1. The summed E-state index contributed by atoms with van der Waals surface area (Å²) in [5.74, 6) is 1.65. The molecule has 0 radical (unpaired) electrons. The van der Waals surface area contributed by atoms with Crippen molar-refractivity contribution in [2.45, 2.75) is 26.3 Å². The molecular weight excluding hydrogens is 370 g/mol. The van der Waals surface area contributed by atoms with E-state index in [1.165, 1.54) is 0 Å². The van der Waals surface area contributed by atoms with Crippen molar-refractivity contribution in [2.75, 3.05) is 25.6 Å². The number of benzene rings is 1. The van der Waals surface area contributed by atoms with Gasteiger partial charge in [0.05, 0.1) is 23.9 Å². The van der Waals surface area contributed by atoms with E-state index in [-0.39, 0.29) is 17.7 Å². The number of amides is 1. The molecular formula is C21H25N5O3. The number of carbonyl (C=O) groups excluding carboxylic acids is 1. The highest BCUT2D eigenvalue weighted by molar-refractivity contribution is 5.95. The Balaban J connectivity index is 1.65. The molecule has 1 amide bonds. The standard InChI is InChI=1S/C21H25N5O3/c1-12-18(17-13(2)23-26(5)21(17)25(3)4)24-29-19(12)20(27)22-15-10-11-28-16-9-7-6-8-14(15)16/h6-9,15H,10-11H2,1-5H3,(H,22,27)/t15-/m0/s1. The molecule has 0 aliphatic carbocycles. The summed E-state index contributed by atoms with van der Waals surface area (Å²) >= 11 is 0. The first kappa shape index (κ1) is 19.0. The monoisotopic (exact) mass is 395 g/mol. The van der Waals surface area contributed by atoms with Gasteiger partial charge in [0.25, 0.3) is 5.91 Å². The van der Waals surface area contributed by atoms with Crippen LogP contribution < -0.4 is 15.0 Å². The number of fused-ring (bicyclic) bond motifs is 1. The Kier molecular flexibility index (Phi) is 4.77. The molecule has 0 fully saturated rings. The maximum absolute atomic E-state index is 13.0. The Bertz CT molecular complexity index is 1070. The average Bonchev–Trinajstić information content (AvgIpc) is 3.20. The second kappa shape index (κ2) is 7.27. The molecule has 3 aromatic rings. The lowest BCUT2D eigenvalue weighted by atomic mass is 10.00. The van der Waals surface area contributed by atoms with Gasteiger partial charge in [0.1, 0.15) is 17.3 Å². The summed E-state index contributed by atoms with van der Waals surface area (Å²) in [5.41, 5.74) is 4.01. The van der Waals surface area contributed by atoms with Crippen molar-refractivity contribution in [3.63, 3.8) is 0 Å². The highest BCUT2D eigenvalue weighted by Crippen LogP contribution is 2.36. The Morgan fingerprint density at radius 1 is 1.28 bits per heavy atom. The van der Waals surface area contributed by atoms with Gasteiger partial charge in [-0.1, -0.05) is 23.4 Å². The van der Waals surface area contributed by atoms with Crippen LogP contribution in [0.5, 0.6) is 5.75 Å². The van der Waals surface area contributed by atoms with Crippen LogP contribution in [0.4, 0.5) is 5.82 Å². The van der Waals surface area contributed by atoms with E-state index in [0.717, 1.165) is 28.4 Å². The molecule has 8 heteroatoms. The van der Waals surface area contributed by atoms with Crippen molar-refractivity contribution in [1.29, 1.82) is 0 Å². The van der Waals surface area contributed by atoms with Gasteiger partial charge in [-0.3, -0.25) is 9.48 Å². The number of aromatic nitrogens is 3. The number of ether oxygens (including phenoxy) is 1. The van der Waals surface area contributed by atoms with Crippen LogP contribution >= 0.6 is 0 Å². The molecule has 0 bridgehead atoms. The highest BCUT2D eigenvalue weighted by Gasteiger charge is 2.29. The SMILES string of the molecule is Cc1nn(C)c(N(C)C)c1-c1noc(C(=O)N[C@H]2CCOc3ccccc32)c1C. The topological polar surface area (TPSA) is 85.4 Å². The molecule has 1 atom stereocenters. The normalized spacial score (nSPS) is 15.6. The lowest BCUT2D eigenvalue weighted by molar-refractivity contribution is 0.0886. The van der Waals surface area contributed by atoms with E-state index < -0.39 is 0 Å². The quantitative estimate of drug-likeness (QED) is 0.731. The Hall–Kier alpha value is -3.29. The molecule has 0 saturated carbocycles. The van der Waals surface area contributed by atoms with Crippen molar-refractivity contribution >= 4 is 11.7 Å². The van der Waals surface area contributed by atoms with Crippen molar-refractivity contribution in [3.8, 4) is 17.0 Å². The zero-order valence-electron chi connectivity index (χ0n) is 17.3. The summed E-state index contributed by atoms with van der Waals surface area (Å²) in [4.78, 5) is 15.0. The summed E-state index contributed by atoms with van der Waals surface area (Å²) in [7, 11) is 5.79. The maximum atomic E-state index is 13.0. The van der Waals surface area contributed by atoms with Crippen molar-refractivity contribution < 1.29 is 14.1 Å². The Morgan fingerprint density at radius 3 is 2.79 bits per heavy atom. The minimum atomic E-state index is -0.282. The van der Waals surface area contributed by atoms with Crippen molar-refractivity contribution in [2.24, 2.45) is 7.05 Å². The number of rotatable bonds is 4. The van der Waals surface area contributed by atoms with E-state index in [4.69, 9.17) is 9.26 Å². The smallest absolute Gasteiger partial charge is 0.290 e.